The molecule has 104 valence electrons. The van der Waals surface area contributed by atoms with Gasteiger partial charge in [0.1, 0.15) is 5.82 Å². The Bertz CT molecular complexity index is 620. The fourth-order valence-corrected chi connectivity index (χ4v) is 3.69. The molecule has 0 saturated heterocycles. The van der Waals surface area contributed by atoms with E-state index in [1.165, 1.54) is 35.5 Å². The summed E-state index contributed by atoms with van der Waals surface area (Å²) in [6, 6.07) is 8.97. The summed E-state index contributed by atoms with van der Waals surface area (Å²) in [5.74, 6) is 1.66. The van der Waals surface area contributed by atoms with Gasteiger partial charge in [0.2, 0.25) is 5.13 Å². The van der Waals surface area contributed by atoms with Crippen LogP contribution in [-0.2, 0) is 13.0 Å². The average Bonchev–Trinajstić information content (AvgIpc) is 3.23. The van der Waals surface area contributed by atoms with E-state index < -0.39 is 0 Å². The number of nitrogens with two attached hydrogens (primary N) is 1. The second-order valence-electron chi connectivity index (χ2n) is 5.70. The Labute approximate surface area is 122 Å². The minimum atomic E-state index is 0.338. The summed E-state index contributed by atoms with van der Waals surface area (Å²) in [6.07, 6.45) is 3.50. The van der Waals surface area contributed by atoms with E-state index in [0.717, 1.165) is 23.9 Å². The summed E-state index contributed by atoms with van der Waals surface area (Å²) < 4.78 is 4.53. The highest BCUT2D eigenvalue weighted by Crippen LogP contribution is 2.40. The number of hydrogen-bond donors (Lipinski definition) is 1. The van der Waals surface area contributed by atoms with Crippen molar-refractivity contribution in [1.29, 1.82) is 0 Å². The molecule has 2 heterocycles. The van der Waals surface area contributed by atoms with Gasteiger partial charge in [0.05, 0.1) is 0 Å². The fraction of sp³-hybridized carbons (Fsp3) is 0.467. The van der Waals surface area contributed by atoms with E-state index in [1.807, 2.05) is 0 Å². The van der Waals surface area contributed by atoms with E-state index in [-0.39, 0.29) is 0 Å². The van der Waals surface area contributed by atoms with Crippen LogP contribution in [0.5, 0.6) is 0 Å². The van der Waals surface area contributed by atoms with E-state index >= 15 is 0 Å². The van der Waals surface area contributed by atoms with Gasteiger partial charge in [-0.2, -0.15) is 4.37 Å². The summed E-state index contributed by atoms with van der Waals surface area (Å²) in [5.41, 5.74) is 8.79. The van der Waals surface area contributed by atoms with Gasteiger partial charge >= 0.3 is 0 Å². The van der Waals surface area contributed by atoms with Crippen molar-refractivity contribution in [3.8, 4) is 0 Å². The Morgan fingerprint density at radius 1 is 1.25 bits per heavy atom. The molecule has 1 saturated carbocycles. The number of fused-ring (bicyclic) bond motifs is 1. The number of hydrogen-bond acceptors (Lipinski definition) is 5. The van der Waals surface area contributed by atoms with E-state index in [9.17, 15) is 0 Å². The molecule has 2 N–H and O–H groups in total. The molecular formula is C15H18N4S. The van der Waals surface area contributed by atoms with Crippen LogP contribution in [0.1, 0.15) is 35.7 Å². The summed E-state index contributed by atoms with van der Waals surface area (Å²) in [7, 11) is 0. The molecule has 1 aromatic heterocycles. The second-order valence-corrected chi connectivity index (χ2v) is 6.43. The van der Waals surface area contributed by atoms with Gasteiger partial charge in [-0.3, -0.25) is 0 Å². The smallest absolute Gasteiger partial charge is 0.205 e. The van der Waals surface area contributed by atoms with Crippen molar-refractivity contribution in [2.24, 2.45) is 5.73 Å². The van der Waals surface area contributed by atoms with Crippen molar-refractivity contribution in [3.63, 3.8) is 0 Å². The molecule has 0 radical (unpaired) electrons. The van der Waals surface area contributed by atoms with Crippen LogP contribution in [0.4, 0.5) is 5.13 Å². The van der Waals surface area contributed by atoms with Crippen LogP contribution in [0.15, 0.2) is 24.3 Å². The molecule has 1 unspecified atom stereocenters. The molecule has 4 nitrogen and oxygen atoms in total. The van der Waals surface area contributed by atoms with Gasteiger partial charge in [-0.15, -0.1) is 0 Å². The molecule has 4 rings (SSSR count). The molecule has 5 heteroatoms. The third-order valence-corrected chi connectivity index (χ3v) is 5.01. The minimum Gasteiger partial charge on any atom is -0.338 e. The Balaban J connectivity index is 1.65. The zero-order valence-electron chi connectivity index (χ0n) is 11.3. The highest BCUT2D eigenvalue weighted by Gasteiger charge is 2.31. The molecule has 1 fully saturated rings. The quantitative estimate of drug-likeness (QED) is 0.940. The van der Waals surface area contributed by atoms with Crippen molar-refractivity contribution in [2.75, 3.05) is 11.4 Å². The maximum absolute atomic E-state index is 5.98. The first kappa shape index (κ1) is 12.3. The first-order chi connectivity index (χ1) is 9.85. The van der Waals surface area contributed by atoms with Gasteiger partial charge in [-0.1, -0.05) is 24.3 Å². The number of anilines is 1. The summed E-state index contributed by atoms with van der Waals surface area (Å²) in [4.78, 5) is 7.08. The normalized spacial score (nSPS) is 21.9. The van der Waals surface area contributed by atoms with Crippen LogP contribution < -0.4 is 10.6 Å². The van der Waals surface area contributed by atoms with Crippen LogP contribution in [-0.4, -0.2) is 21.9 Å². The highest BCUT2D eigenvalue weighted by atomic mass is 32.1. The number of rotatable bonds is 3. The summed E-state index contributed by atoms with van der Waals surface area (Å²) in [5, 5.41) is 1.04. The Hall–Kier alpha value is -1.46. The molecule has 0 amide bonds. The van der Waals surface area contributed by atoms with E-state index in [2.05, 4.69) is 33.5 Å². The van der Waals surface area contributed by atoms with Crippen LogP contribution in [0.25, 0.3) is 0 Å². The van der Waals surface area contributed by atoms with E-state index in [1.54, 1.807) is 0 Å². The Kier molecular flexibility index (Phi) is 2.97. The van der Waals surface area contributed by atoms with Crippen LogP contribution in [0.2, 0.25) is 0 Å². The number of aromatic nitrogens is 2. The zero-order chi connectivity index (χ0) is 13.5. The van der Waals surface area contributed by atoms with Gasteiger partial charge in [0.25, 0.3) is 0 Å². The number of nitrogens with zero attached hydrogens (tertiary/aromatic N) is 3. The van der Waals surface area contributed by atoms with Gasteiger partial charge in [-0.05, 0) is 30.4 Å². The second kappa shape index (κ2) is 4.82. The standard InChI is InChI=1S/C15H18N4S/c16-8-13-7-11-3-1-2-4-12(11)9-19(13)15-17-14(18-20-15)10-5-6-10/h1-4,10,13H,5-9,16H2. The first-order valence-electron chi connectivity index (χ1n) is 7.22. The van der Waals surface area contributed by atoms with Crippen LogP contribution in [0, 0.1) is 0 Å². The SMILES string of the molecule is NCC1Cc2ccccc2CN1c1nc(C2CC2)ns1. The fourth-order valence-electron chi connectivity index (χ4n) is 2.87. The molecule has 2 aromatic rings. The molecule has 2 aliphatic rings. The molecule has 0 bridgehead atoms. The third kappa shape index (κ3) is 2.11. The largest absolute Gasteiger partial charge is 0.338 e. The summed E-state index contributed by atoms with van der Waals surface area (Å²) in [6.45, 7) is 1.56. The molecule has 1 aromatic carbocycles. The average molecular weight is 286 g/mol. The third-order valence-electron chi connectivity index (χ3n) is 4.25. The first-order valence-corrected chi connectivity index (χ1v) is 7.99. The minimum absolute atomic E-state index is 0.338. The molecule has 1 aliphatic heterocycles. The molecule has 1 atom stereocenters. The van der Waals surface area contributed by atoms with Crippen LogP contribution >= 0.6 is 11.5 Å². The lowest BCUT2D eigenvalue weighted by Gasteiger charge is -2.35. The summed E-state index contributed by atoms with van der Waals surface area (Å²) >= 11 is 1.53. The Morgan fingerprint density at radius 3 is 2.80 bits per heavy atom. The van der Waals surface area contributed by atoms with Crippen molar-refractivity contribution >= 4 is 16.7 Å². The predicted octanol–water partition coefficient (Wildman–Crippen LogP) is 2.31. The van der Waals surface area contributed by atoms with Gasteiger partial charge in [0, 0.05) is 36.6 Å². The molecular weight excluding hydrogens is 268 g/mol. The monoisotopic (exact) mass is 286 g/mol. The van der Waals surface area contributed by atoms with E-state index in [0.29, 0.717) is 18.5 Å². The number of benzene rings is 1. The topological polar surface area (TPSA) is 55.0 Å². The van der Waals surface area contributed by atoms with Crippen molar-refractivity contribution in [2.45, 2.75) is 37.8 Å². The van der Waals surface area contributed by atoms with E-state index in [4.69, 9.17) is 10.7 Å². The van der Waals surface area contributed by atoms with Crippen LogP contribution in [0.3, 0.4) is 0 Å². The molecule has 0 spiro atoms. The van der Waals surface area contributed by atoms with Gasteiger partial charge in [-0.25, -0.2) is 4.98 Å². The molecule has 1 aliphatic carbocycles. The van der Waals surface area contributed by atoms with Gasteiger partial charge in [0.15, 0.2) is 0 Å². The molecule has 20 heavy (non-hydrogen) atoms. The van der Waals surface area contributed by atoms with Gasteiger partial charge < -0.3 is 10.6 Å². The lowest BCUT2D eigenvalue weighted by atomic mass is 9.94. The maximum Gasteiger partial charge on any atom is 0.205 e. The van der Waals surface area contributed by atoms with Crippen molar-refractivity contribution < 1.29 is 0 Å². The maximum atomic E-state index is 5.98. The lowest BCUT2D eigenvalue weighted by Crippen LogP contribution is -2.45. The lowest BCUT2D eigenvalue weighted by molar-refractivity contribution is 0.559. The van der Waals surface area contributed by atoms with Crippen molar-refractivity contribution in [1.82, 2.24) is 9.36 Å². The predicted molar refractivity (Wildman–Crippen MR) is 81.1 cm³/mol. The Morgan fingerprint density at radius 2 is 2.05 bits per heavy atom. The zero-order valence-corrected chi connectivity index (χ0v) is 12.1. The highest BCUT2D eigenvalue weighted by molar-refractivity contribution is 7.09. The van der Waals surface area contributed by atoms with Crippen molar-refractivity contribution in [3.05, 3.63) is 41.2 Å².